The van der Waals surface area contributed by atoms with Gasteiger partial charge in [-0.15, -0.1) is 22.4 Å². The Morgan fingerprint density at radius 1 is 1.60 bits per heavy atom. The van der Waals surface area contributed by atoms with Crippen molar-refractivity contribution in [2.45, 2.75) is 27.1 Å². The van der Waals surface area contributed by atoms with Crippen LogP contribution in [0.5, 0.6) is 0 Å². The number of rotatable bonds is 3. The summed E-state index contributed by atoms with van der Waals surface area (Å²) in [5.74, 6) is 4.54. The third-order valence-electron chi connectivity index (χ3n) is 1.91. The number of hydrazine groups is 1. The highest BCUT2D eigenvalue weighted by Gasteiger charge is 2.41. The second-order valence-electron chi connectivity index (χ2n) is 2.78. The Morgan fingerprint density at radius 2 is 2.13 bits per heavy atom. The first kappa shape index (κ1) is 17.7. The Labute approximate surface area is 107 Å². The lowest BCUT2D eigenvalue weighted by Crippen LogP contribution is -2.41. The molecule has 0 aliphatic carbocycles. The van der Waals surface area contributed by atoms with Crippen LogP contribution >= 0.6 is 31.5 Å². The minimum Gasteiger partial charge on any atom is -0.275 e. The van der Waals surface area contributed by atoms with Crippen LogP contribution in [-0.2, 0) is 9.59 Å². The molecule has 0 aromatic carbocycles. The van der Waals surface area contributed by atoms with Gasteiger partial charge in [-0.1, -0.05) is 14.9 Å². The van der Waals surface area contributed by atoms with E-state index in [4.69, 9.17) is 5.84 Å². The zero-order chi connectivity index (χ0) is 10.0. The number of hydrogen-bond donors (Lipinski definition) is 2. The van der Waals surface area contributed by atoms with Crippen molar-refractivity contribution < 1.29 is 9.59 Å². The summed E-state index contributed by atoms with van der Waals surface area (Å²) >= 11 is 2.12. The number of amides is 2. The Hall–Kier alpha value is 0.285. The van der Waals surface area contributed by atoms with Crippen molar-refractivity contribution in [1.82, 2.24) is 10.3 Å². The van der Waals surface area contributed by atoms with Crippen molar-refractivity contribution in [2.75, 3.05) is 6.67 Å². The summed E-state index contributed by atoms with van der Waals surface area (Å²) in [6, 6.07) is 0. The van der Waals surface area contributed by atoms with E-state index in [0.717, 1.165) is 4.90 Å². The van der Waals surface area contributed by atoms with Crippen molar-refractivity contribution >= 4 is 47.6 Å². The molecular formula is C7H18BIN3O2P. The van der Waals surface area contributed by atoms with Gasteiger partial charge in [-0.3, -0.25) is 20.3 Å². The quantitative estimate of drug-likeness (QED) is 0.196. The fraction of sp³-hybridized carbons (Fsp3) is 0.714. The third kappa shape index (κ3) is 3.98. The van der Waals surface area contributed by atoms with Gasteiger partial charge in [0, 0.05) is 12.2 Å². The van der Waals surface area contributed by atoms with Gasteiger partial charge < -0.3 is 0 Å². The third-order valence-corrected chi connectivity index (χ3v) is 3.25. The number of halogens is 1. The molecule has 3 N–H and O–H groups in total. The molecule has 15 heavy (non-hydrogen) atoms. The second kappa shape index (κ2) is 7.54. The van der Waals surface area contributed by atoms with Crippen LogP contribution in [0.4, 0.5) is 0 Å². The molecule has 2 unspecified atom stereocenters. The first-order chi connectivity index (χ1) is 6.07. The van der Waals surface area contributed by atoms with Gasteiger partial charge in [0.1, 0.15) is 0 Å². The van der Waals surface area contributed by atoms with Crippen LogP contribution in [0, 0.1) is 0 Å². The Kier molecular flexibility index (Phi) is 8.88. The predicted octanol–water partition coefficient (Wildman–Crippen LogP) is 0.607. The summed E-state index contributed by atoms with van der Waals surface area (Å²) in [4.78, 5) is 24.0. The van der Waals surface area contributed by atoms with Gasteiger partial charge in [0.15, 0.2) is 0 Å². The van der Waals surface area contributed by atoms with E-state index < -0.39 is 0 Å². The number of nitrogens with one attached hydrogen (secondary N) is 1. The molecule has 0 radical (unpaired) electrons. The zero-order valence-corrected chi connectivity index (χ0v) is 10.2. The predicted molar refractivity (Wildman–Crippen MR) is 75.4 cm³/mol. The summed E-state index contributed by atoms with van der Waals surface area (Å²) in [5, 5.41) is 0. The Balaban J connectivity index is 0. The van der Waals surface area contributed by atoms with Crippen LogP contribution in [0.25, 0.3) is 0 Å². The number of hydrogen-bond acceptors (Lipinski definition) is 4. The maximum Gasteiger partial charge on any atom is 0.252 e. The second-order valence-corrected chi connectivity index (χ2v) is 6.29. The number of nitrogens with two attached hydrogens (primary N) is 1. The lowest BCUT2D eigenvalue weighted by molar-refractivity contribution is -0.138. The summed E-state index contributed by atoms with van der Waals surface area (Å²) in [5.41, 5.74) is 2.30. The van der Waals surface area contributed by atoms with Gasteiger partial charge in [-0.25, -0.2) is 5.43 Å². The fourth-order valence-electron chi connectivity index (χ4n) is 1.21. The van der Waals surface area contributed by atoms with E-state index in [1.54, 1.807) is 0 Å². The molecular weight excluding hydrogens is 327 g/mol. The molecule has 0 spiro atoms. The minimum absolute atomic E-state index is 0. The maximum absolute atomic E-state index is 11.5. The SMILES string of the molecule is C.C.NNCN1C(=O)CC(B(P)I)C1=O. The van der Waals surface area contributed by atoms with Crippen LogP contribution in [0.2, 0.25) is 5.82 Å². The number of carbonyl (C=O) groups excluding carboxylic acids is 2. The monoisotopic (exact) mass is 345 g/mol. The van der Waals surface area contributed by atoms with Crippen molar-refractivity contribution in [2.24, 2.45) is 5.84 Å². The highest BCUT2D eigenvalue weighted by Crippen LogP contribution is 2.32. The van der Waals surface area contributed by atoms with Crippen LogP contribution < -0.4 is 11.3 Å². The molecule has 8 heteroatoms. The van der Waals surface area contributed by atoms with Gasteiger partial charge >= 0.3 is 0 Å². The van der Waals surface area contributed by atoms with Crippen molar-refractivity contribution in [3.05, 3.63) is 0 Å². The van der Waals surface area contributed by atoms with Crippen LogP contribution in [0.1, 0.15) is 21.3 Å². The highest BCUT2D eigenvalue weighted by molar-refractivity contribution is 14.1. The smallest absolute Gasteiger partial charge is 0.252 e. The maximum atomic E-state index is 11.5. The molecule has 2 amide bonds. The molecule has 1 aliphatic heterocycles. The minimum atomic E-state index is -0.216. The number of imide groups is 1. The van der Waals surface area contributed by atoms with Crippen LogP contribution in [-0.4, -0.2) is 27.7 Å². The molecule has 1 heterocycles. The Bertz CT molecular complexity index is 242. The standard InChI is InChI=1S/C5H10BIN3O2P.2CH4/c7-6(13)3-1-4(11)10(2-9-8)5(3)12;;/h3,9H,1-2,8,13H2;2*1H4. The van der Waals surface area contributed by atoms with Gasteiger partial charge in [0.2, 0.25) is 11.8 Å². The molecule has 1 saturated heterocycles. The number of likely N-dealkylation sites (tertiary alicyclic amines) is 1. The van der Waals surface area contributed by atoms with Crippen molar-refractivity contribution in [1.29, 1.82) is 0 Å². The van der Waals surface area contributed by atoms with Gasteiger partial charge in [-0.2, -0.15) is 9.12 Å². The van der Waals surface area contributed by atoms with E-state index in [2.05, 4.69) is 36.9 Å². The first-order valence-electron chi connectivity index (χ1n) is 3.75. The molecule has 0 aromatic rings. The van der Waals surface area contributed by atoms with E-state index in [0.29, 0.717) is 0 Å². The number of nitrogens with zero attached hydrogens (tertiary/aromatic N) is 1. The van der Waals surface area contributed by atoms with E-state index in [-0.39, 0.29) is 49.9 Å². The van der Waals surface area contributed by atoms with Gasteiger partial charge in [0.25, 0.3) is 4.29 Å². The average Bonchev–Trinajstić information content (AvgIpc) is 2.32. The summed E-state index contributed by atoms with van der Waals surface area (Å²) in [7, 11) is 2.53. The Morgan fingerprint density at radius 3 is 2.47 bits per heavy atom. The van der Waals surface area contributed by atoms with Crippen molar-refractivity contribution in [3.63, 3.8) is 0 Å². The average molecular weight is 345 g/mol. The molecule has 0 bridgehead atoms. The van der Waals surface area contributed by atoms with E-state index in [1.807, 2.05) is 0 Å². The van der Waals surface area contributed by atoms with Crippen LogP contribution in [0.3, 0.4) is 0 Å². The van der Waals surface area contributed by atoms with Gasteiger partial charge in [0.05, 0.1) is 6.67 Å². The summed E-state index contributed by atoms with van der Waals surface area (Å²) in [6.45, 7) is 0.0994. The van der Waals surface area contributed by atoms with E-state index >= 15 is 0 Å². The normalized spacial score (nSPS) is 19.7. The lowest BCUT2D eigenvalue weighted by atomic mass is 9.84. The summed E-state index contributed by atoms with van der Waals surface area (Å²) < 4.78 is 0.0943. The highest BCUT2D eigenvalue weighted by atomic mass is 127. The van der Waals surface area contributed by atoms with E-state index in [1.165, 1.54) is 0 Å². The molecule has 1 aliphatic rings. The summed E-state index contributed by atoms with van der Waals surface area (Å²) in [6.07, 6.45) is 0.289. The molecule has 88 valence electrons. The first-order valence-corrected chi connectivity index (χ1v) is 5.66. The topological polar surface area (TPSA) is 75.4 Å². The molecule has 0 saturated carbocycles. The lowest BCUT2D eigenvalue weighted by Gasteiger charge is -2.13. The fourth-order valence-corrected chi connectivity index (χ4v) is 2.08. The molecule has 0 aromatic heterocycles. The number of carbonyl (C=O) groups is 2. The van der Waals surface area contributed by atoms with E-state index in [9.17, 15) is 9.59 Å². The molecule has 5 nitrogen and oxygen atoms in total. The molecule has 1 rings (SSSR count). The van der Waals surface area contributed by atoms with Gasteiger partial charge in [-0.05, 0) is 0 Å². The van der Waals surface area contributed by atoms with Crippen molar-refractivity contribution in [3.8, 4) is 0 Å². The largest absolute Gasteiger partial charge is 0.275 e. The van der Waals surface area contributed by atoms with Crippen LogP contribution in [0.15, 0.2) is 0 Å². The molecule has 1 fully saturated rings. The molecule has 2 atom stereocenters. The zero-order valence-electron chi connectivity index (χ0n) is 6.87.